The first-order valence-electron chi connectivity index (χ1n) is 8.96. The van der Waals surface area contributed by atoms with Crippen LogP contribution in [0.1, 0.15) is 10.4 Å². The van der Waals surface area contributed by atoms with Gasteiger partial charge in [-0.2, -0.15) is 0 Å². The number of hydrogen-bond donors (Lipinski definition) is 3. The summed E-state index contributed by atoms with van der Waals surface area (Å²) in [6, 6.07) is 22.7. The molecule has 0 atom stereocenters. The molecule has 0 saturated heterocycles. The van der Waals surface area contributed by atoms with Crippen LogP contribution < -0.4 is 20.7 Å². The topological polar surface area (TPSA) is 79.5 Å². The summed E-state index contributed by atoms with van der Waals surface area (Å²) in [4.78, 5) is 24.4. The molecule has 3 aromatic carbocycles. The molecule has 0 radical (unpaired) electrons. The molecule has 0 fully saturated rings. The predicted molar refractivity (Wildman–Crippen MR) is 122 cm³/mol. The van der Waals surface area contributed by atoms with Crippen LogP contribution in [0, 0.1) is 0 Å². The highest BCUT2D eigenvalue weighted by Gasteiger charge is 2.11. The van der Waals surface area contributed by atoms with Crippen molar-refractivity contribution in [2.45, 2.75) is 0 Å². The van der Waals surface area contributed by atoms with E-state index in [1.54, 1.807) is 60.7 Å². The van der Waals surface area contributed by atoms with Crippen molar-refractivity contribution in [3.8, 4) is 5.75 Å². The van der Waals surface area contributed by atoms with E-state index in [9.17, 15) is 9.59 Å². The fourth-order valence-electron chi connectivity index (χ4n) is 2.52. The maximum atomic E-state index is 12.3. The smallest absolute Gasteiger partial charge is 0.262 e. The molecule has 0 aliphatic rings. The number of amides is 2. The molecular formula is C22H18ClN3O3S. The molecule has 0 heterocycles. The number of nitrogens with one attached hydrogen (secondary N) is 3. The van der Waals surface area contributed by atoms with Crippen LogP contribution in [0.15, 0.2) is 78.9 Å². The Morgan fingerprint density at radius 2 is 1.53 bits per heavy atom. The molecule has 0 bridgehead atoms. The zero-order valence-electron chi connectivity index (χ0n) is 15.7. The van der Waals surface area contributed by atoms with Crippen molar-refractivity contribution in [2.24, 2.45) is 0 Å². The summed E-state index contributed by atoms with van der Waals surface area (Å²) in [5.41, 5.74) is 1.48. The Morgan fingerprint density at radius 3 is 2.27 bits per heavy atom. The molecule has 30 heavy (non-hydrogen) atoms. The minimum absolute atomic E-state index is 0.107. The van der Waals surface area contributed by atoms with Crippen molar-refractivity contribution in [2.75, 3.05) is 17.2 Å². The third kappa shape index (κ3) is 6.30. The molecule has 6 nitrogen and oxygen atoms in total. The van der Waals surface area contributed by atoms with E-state index in [0.717, 1.165) is 0 Å². The minimum Gasteiger partial charge on any atom is -0.484 e. The molecule has 0 saturated carbocycles. The molecule has 0 aliphatic carbocycles. The Balaban J connectivity index is 1.53. The molecular weight excluding hydrogens is 422 g/mol. The largest absolute Gasteiger partial charge is 0.484 e. The molecule has 0 aliphatic heterocycles. The zero-order valence-corrected chi connectivity index (χ0v) is 17.3. The highest BCUT2D eigenvalue weighted by atomic mass is 35.5. The summed E-state index contributed by atoms with van der Waals surface area (Å²) in [6.07, 6.45) is 0. The van der Waals surface area contributed by atoms with Crippen molar-refractivity contribution >= 4 is 52.1 Å². The van der Waals surface area contributed by atoms with E-state index in [-0.39, 0.29) is 17.6 Å². The third-order valence-electron chi connectivity index (χ3n) is 3.86. The van der Waals surface area contributed by atoms with Gasteiger partial charge in [0.1, 0.15) is 5.75 Å². The summed E-state index contributed by atoms with van der Waals surface area (Å²) in [5.74, 6) is -0.103. The molecule has 0 aromatic heterocycles. The van der Waals surface area contributed by atoms with E-state index in [1.165, 1.54) is 0 Å². The van der Waals surface area contributed by atoms with Gasteiger partial charge < -0.3 is 15.4 Å². The van der Waals surface area contributed by atoms with Crippen LogP contribution >= 0.6 is 23.8 Å². The molecule has 8 heteroatoms. The Labute approximate surface area is 184 Å². The lowest BCUT2D eigenvalue weighted by atomic mass is 10.2. The van der Waals surface area contributed by atoms with Gasteiger partial charge in [0.15, 0.2) is 11.7 Å². The molecule has 0 unspecified atom stereocenters. The number of anilines is 2. The van der Waals surface area contributed by atoms with Crippen LogP contribution in [0.25, 0.3) is 0 Å². The predicted octanol–water partition coefficient (Wildman–Crippen LogP) is 4.48. The third-order valence-corrected chi connectivity index (χ3v) is 4.40. The van der Waals surface area contributed by atoms with Crippen molar-refractivity contribution < 1.29 is 14.3 Å². The number of hydrogen-bond acceptors (Lipinski definition) is 4. The fraction of sp³-hybridized carbons (Fsp3) is 0.0455. The standard InChI is InChI=1S/C22H18ClN3O3S/c23-19-12-5-4-11-18(19)21(28)26-22(30)25-16-8-6-7-15(13-16)24-20(27)14-29-17-9-2-1-3-10-17/h1-13H,14H2,(H,24,27)(H2,25,26,28,30). The summed E-state index contributed by atoms with van der Waals surface area (Å²) in [5, 5.41) is 8.67. The number of para-hydroxylation sites is 1. The number of carbonyl (C=O) groups excluding carboxylic acids is 2. The quantitative estimate of drug-likeness (QED) is 0.493. The number of thiocarbonyl (C=S) groups is 1. The summed E-state index contributed by atoms with van der Waals surface area (Å²) >= 11 is 11.2. The van der Waals surface area contributed by atoms with Gasteiger partial charge in [-0.1, -0.05) is 48.0 Å². The number of carbonyl (C=O) groups is 2. The molecule has 3 rings (SSSR count). The van der Waals surface area contributed by atoms with Crippen LogP contribution in [-0.2, 0) is 4.79 Å². The van der Waals surface area contributed by atoms with Gasteiger partial charge in [-0.15, -0.1) is 0 Å². The number of ether oxygens (including phenoxy) is 1. The van der Waals surface area contributed by atoms with Crippen LogP contribution in [-0.4, -0.2) is 23.5 Å². The Morgan fingerprint density at radius 1 is 0.867 bits per heavy atom. The second-order valence-corrected chi connectivity index (χ2v) is 6.93. The van der Waals surface area contributed by atoms with Crippen LogP contribution in [0.4, 0.5) is 11.4 Å². The van der Waals surface area contributed by atoms with Crippen molar-refractivity contribution in [1.82, 2.24) is 5.32 Å². The van der Waals surface area contributed by atoms with Gasteiger partial charge in [0, 0.05) is 11.4 Å². The highest BCUT2D eigenvalue weighted by Crippen LogP contribution is 2.17. The first-order valence-corrected chi connectivity index (χ1v) is 9.74. The maximum Gasteiger partial charge on any atom is 0.262 e. The van der Waals surface area contributed by atoms with Gasteiger partial charge in [0.05, 0.1) is 10.6 Å². The summed E-state index contributed by atoms with van der Waals surface area (Å²) in [6.45, 7) is -0.117. The lowest BCUT2D eigenvalue weighted by Crippen LogP contribution is -2.34. The van der Waals surface area contributed by atoms with Gasteiger partial charge in [0.25, 0.3) is 11.8 Å². The van der Waals surface area contributed by atoms with Gasteiger partial charge >= 0.3 is 0 Å². The van der Waals surface area contributed by atoms with E-state index in [1.807, 2.05) is 18.2 Å². The second kappa shape index (κ2) is 10.4. The molecule has 0 spiro atoms. The van der Waals surface area contributed by atoms with Crippen LogP contribution in [0.5, 0.6) is 5.75 Å². The Hall–Kier alpha value is -3.42. The van der Waals surface area contributed by atoms with Crippen LogP contribution in [0.2, 0.25) is 5.02 Å². The number of rotatable bonds is 6. The highest BCUT2D eigenvalue weighted by molar-refractivity contribution is 7.80. The van der Waals surface area contributed by atoms with E-state index >= 15 is 0 Å². The monoisotopic (exact) mass is 439 g/mol. The van der Waals surface area contributed by atoms with Gasteiger partial charge in [0.2, 0.25) is 0 Å². The molecule has 2 amide bonds. The Bertz CT molecular complexity index is 1060. The average molecular weight is 440 g/mol. The minimum atomic E-state index is -0.416. The van der Waals surface area contributed by atoms with Gasteiger partial charge in [-0.05, 0) is 54.7 Å². The first kappa shape index (κ1) is 21.3. The normalized spacial score (nSPS) is 10.0. The number of halogens is 1. The van der Waals surface area contributed by atoms with Gasteiger partial charge in [-0.25, -0.2) is 0 Å². The number of benzene rings is 3. The van der Waals surface area contributed by atoms with E-state index in [4.69, 9.17) is 28.6 Å². The van der Waals surface area contributed by atoms with Gasteiger partial charge in [-0.3, -0.25) is 14.9 Å². The van der Waals surface area contributed by atoms with Crippen molar-refractivity contribution in [1.29, 1.82) is 0 Å². The lowest BCUT2D eigenvalue weighted by molar-refractivity contribution is -0.118. The lowest BCUT2D eigenvalue weighted by Gasteiger charge is -2.12. The van der Waals surface area contributed by atoms with E-state index in [2.05, 4.69) is 16.0 Å². The van der Waals surface area contributed by atoms with Crippen molar-refractivity contribution in [3.05, 3.63) is 89.4 Å². The average Bonchev–Trinajstić information content (AvgIpc) is 2.73. The molecule has 3 aromatic rings. The fourth-order valence-corrected chi connectivity index (χ4v) is 2.95. The summed E-state index contributed by atoms with van der Waals surface area (Å²) < 4.78 is 5.42. The summed E-state index contributed by atoms with van der Waals surface area (Å²) in [7, 11) is 0. The first-order chi connectivity index (χ1) is 14.5. The Kier molecular flexibility index (Phi) is 7.37. The zero-order chi connectivity index (χ0) is 21.3. The maximum absolute atomic E-state index is 12.3. The van der Waals surface area contributed by atoms with Crippen LogP contribution in [0.3, 0.4) is 0 Å². The molecule has 152 valence electrons. The van der Waals surface area contributed by atoms with Crippen molar-refractivity contribution in [3.63, 3.8) is 0 Å². The SMILES string of the molecule is O=C(COc1ccccc1)Nc1cccc(NC(=S)NC(=O)c2ccccc2Cl)c1. The second-order valence-electron chi connectivity index (χ2n) is 6.12. The molecule has 3 N–H and O–H groups in total. The van der Waals surface area contributed by atoms with E-state index < -0.39 is 5.91 Å². The van der Waals surface area contributed by atoms with E-state index in [0.29, 0.717) is 27.7 Å².